The first kappa shape index (κ1) is 20.5. The van der Waals surface area contributed by atoms with Gasteiger partial charge in [-0.25, -0.2) is 4.79 Å². The molecule has 1 heterocycles. The fourth-order valence-electron chi connectivity index (χ4n) is 3.08. The quantitative estimate of drug-likeness (QED) is 0.483. The van der Waals surface area contributed by atoms with Crippen molar-refractivity contribution in [1.82, 2.24) is 4.98 Å². The lowest BCUT2D eigenvalue weighted by molar-refractivity contribution is 0.0594. The molecule has 2 aromatic carbocycles. The number of aromatic nitrogens is 1. The minimum atomic E-state index is -0.674. The molecule has 0 aliphatic rings. The Morgan fingerprint density at radius 2 is 1.38 bits per heavy atom. The van der Waals surface area contributed by atoms with Gasteiger partial charge < -0.3 is 19.2 Å². The van der Waals surface area contributed by atoms with Crippen molar-refractivity contribution in [1.29, 1.82) is 0 Å². The second kappa shape index (κ2) is 8.87. The molecule has 7 heteroatoms. The predicted octanol–water partition coefficient (Wildman–Crippen LogP) is 4.23. The average Bonchev–Trinajstić information content (AvgIpc) is 2.77. The van der Waals surface area contributed by atoms with Crippen molar-refractivity contribution in [3.8, 4) is 33.9 Å². The third-order valence-electron chi connectivity index (χ3n) is 4.52. The highest BCUT2D eigenvalue weighted by Crippen LogP contribution is 2.39. The summed E-state index contributed by atoms with van der Waals surface area (Å²) in [6.07, 6.45) is 1.83. The number of esters is 1. The molecule has 29 heavy (non-hydrogen) atoms. The number of rotatable bonds is 6. The molecular formula is C22H21NO5S. The molecule has 0 atom stereocenters. The highest BCUT2D eigenvalue weighted by Gasteiger charge is 2.24. The molecule has 0 bridgehead atoms. The summed E-state index contributed by atoms with van der Waals surface area (Å²) in [6, 6.07) is 14.8. The van der Waals surface area contributed by atoms with Crippen molar-refractivity contribution in [2.45, 2.75) is 4.90 Å². The number of pyridine rings is 1. The Kier molecular flexibility index (Phi) is 6.29. The van der Waals surface area contributed by atoms with Crippen LogP contribution in [0.1, 0.15) is 10.4 Å². The van der Waals surface area contributed by atoms with E-state index in [0.717, 1.165) is 16.7 Å². The van der Waals surface area contributed by atoms with E-state index in [1.807, 2.05) is 54.8 Å². The number of hydrogen-bond donors (Lipinski definition) is 1. The fourth-order valence-corrected chi connectivity index (χ4v) is 3.88. The van der Waals surface area contributed by atoms with Gasteiger partial charge in [0.05, 0.1) is 27.0 Å². The van der Waals surface area contributed by atoms with Gasteiger partial charge in [0.1, 0.15) is 17.1 Å². The number of carbonyl (C=O) groups excluding carboxylic acids is 1. The summed E-state index contributed by atoms with van der Waals surface area (Å²) < 4.78 is 15.3. The number of carbonyl (C=O) groups is 1. The Morgan fingerprint density at radius 3 is 1.83 bits per heavy atom. The topological polar surface area (TPSA) is 77.6 Å². The number of H-pyrrole nitrogens is 1. The lowest BCUT2D eigenvalue weighted by Gasteiger charge is -2.17. The highest BCUT2D eigenvalue weighted by molar-refractivity contribution is 7.98. The Morgan fingerprint density at radius 1 is 0.862 bits per heavy atom. The molecule has 1 aromatic heterocycles. The number of benzene rings is 2. The second-order valence-electron chi connectivity index (χ2n) is 6.06. The number of nitrogens with one attached hydrogen (secondary N) is 1. The third-order valence-corrected chi connectivity index (χ3v) is 5.34. The molecule has 6 nitrogen and oxygen atoms in total. The molecule has 0 unspecified atom stereocenters. The summed E-state index contributed by atoms with van der Waals surface area (Å²) in [4.78, 5) is 28.5. The van der Waals surface area contributed by atoms with Crippen LogP contribution >= 0.6 is 11.8 Å². The zero-order valence-corrected chi connectivity index (χ0v) is 17.4. The molecule has 3 aromatic rings. The first-order valence-corrected chi connectivity index (χ1v) is 9.98. The lowest BCUT2D eigenvalue weighted by atomic mass is 9.97. The Hall–Kier alpha value is -3.19. The maximum Gasteiger partial charge on any atom is 0.344 e. The number of hydrogen-bond acceptors (Lipinski definition) is 6. The van der Waals surface area contributed by atoms with E-state index >= 15 is 0 Å². The predicted molar refractivity (Wildman–Crippen MR) is 114 cm³/mol. The first-order valence-electron chi connectivity index (χ1n) is 8.75. The average molecular weight is 411 g/mol. The SMILES string of the molecule is COC(=O)c1c(SC)c(-c2ccc(OC)cc2)c(-c2ccc(OC)cc2)[nH]c1=O. The van der Waals surface area contributed by atoms with Gasteiger partial charge >= 0.3 is 5.97 Å². The van der Waals surface area contributed by atoms with E-state index in [-0.39, 0.29) is 5.56 Å². The van der Waals surface area contributed by atoms with Crippen LogP contribution in [0.4, 0.5) is 0 Å². The smallest absolute Gasteiger partial charge is 0.344 e. The number of thioether (sulfide) groups is 1. The molecule has 0 spiro atoms. The summed E-state index contributed by atoms with van der Waals surface area (Å²) in [6.45, 7) is 0. The van der Waals surface area contributed by atoms with Crippen molar-refractivity contribution < 1.29 is 19.0 Å². The minimum absolute atomic E-state index is 0.0110. The van der Waals surface area contributed by atoms with E-state index in [4.69, 9.17) is 14.2 Å². The molecule has 0 saturated heterocycles. The van der Waals surface area contributed by atoms with Gasteiger partial charge in [0.15, 0.2) is 0 Å². The van der Waals surface area contributed by atoms with Crippen LogP contribution in [0.2, 0.25) is 0 Å². The fraction of sp³-hybridized carbons (Fsp3) is 0.182. The van der Waals surface area contributed by atoms with E-state index in [1.165, 1.54) is 18.9 Å². The van der Waals surface area contributed by atoms with Crippen LogP contribution in [-0.2, 0) is 4.74 Å². The second-order valence-corrected chi connectivity index (χ2v) is 6.88. The van der Waals surface area contributed by atoms with Crippen LogP contribution in [0.25, 0.3) is 22.4 Å². The summed E-state index contributed by atoms with van der Waals surface area (Å²) in [5, 5.41) is 0. The van der Waals surface area contributed by atoms with Gasteiger partial charge in [-0.15, -0.1) is 11.8 Å². The minimum Gasteiger partial charge on any atom is -0.497 e. The zero-order valence-electron chi connectivity index (χ0n) is 16.6. The molecule has 1 N–H and O–H groups in total. The normalized spacial score (nSPS) is 10.5. The standard InChI is InChI=1S/C22H21NO5S/c1-26-15-9-5-13(6-10-15)17-19(14-7-11-16(27-2)12-8-14)23-21(24)18(20(17)29-4)22(25)28-3/h5-12H,1-4H3,(H,23,24). The van der Waals surface area contributed by atoms with Crippen molar-refractivity contribution >= 4 is 17.7 Å². The number of ether oxygens (including phenoxy) is 3. The molecule has 0 aliphatic heterocycles. The molecule has 0 saturated carbocycles. The third kappa shape index (κ3) is 4.00. The molecule has 0 amide bonds. The van der Waals surface area contributed by atoms with E-state index in [0.29, 0.717) is 22.1 Å². The van der Waals surface area contributed by atoms with Crippen LogP contribution in [0.15, 0.2) is 58.2 Å². The maximum atomic E-state index is 12.8. The monoisotopic (exact) mass is 411 g/mol. The summed E-state index contributed by atoms with van der Waals surface area (Å²) in [7, 11) is 4.45. The zero-order chi connectivity index (χ0) is 21.0. The van der Waals surface area contributed by atoms with E-state index < -0.39 is 11.5 Å². The largest absolute Gasteiger partial charge is 0.497 e. The molecule has 0 aliphatic carbocycles. The summed E-state index contributed by atoms with van der Waals surface area (Å²) in [5.41, 5.74) is 2.47. The van der Waals surface area contributed by atoms with Crippen LogP contribution in [0.5, 0.6) is 11.5 Å². The number of methoxy groups -OCH3 is 3. The van der Waals surface area contributed by atoms with Crippen LogP contribution in [-0.4, -0.2) is 38.5 Å². The van der Waals surface area contributed by atoms with Crippen molar-refractivity contribution in [3.05, 3.63) is 64.4 Å². The summed E-state index contributed by atoms with van der Waals surface area (Å²) >= 11 is 1.32. The van der Waals surface area contributed by atoms with Gasteiger partial charge in [-0.2, -0.15) is 0 Å². The Bertz CT molecular complexity index is 1070. The Balaban J connectivity index is 2.35. The summed E-state index contributed by atoms with van der Waals surface area (Å²) in [5.74, 6) is 0.744. The van der Waals surface area contributed by atoms with Crippen molar-refractivity contribution in [3.63, 3.8) is 0 Å². The Labute approximate surface area is 172 Å². The van der Waals surface area contributed by atoms with Gasteiger partial charge in [0.2, 0.25) is 0 Å². The molecular weight excluding hydrogens is 390 g/mol. The van der Waals surface area contributed by atoms with E-state index in [1.54, 1.807) is 14.2 Å². The highest BCUT2D eigenvalue weighted by atomic mass is 32.2. The first-order chi connectivity index (χ1) is 14.0. The maximum absolute atomic E-state index is 12.8. The lowest BCUT2D eigenvalue weighted by Crippen LogP contribution is -2.22. The van der Waals surface area contributed by atoms with Crippen molar-refractivity contribution in [2.24, 2.45) is 0 Å². The molecule has 150 valence electrons. The van der Waals surface area contributed by atoms with E-state index in [9.17, 15) is 9.59 Å². The number of aromatic amines is 1. The molecule has 0 fully saturated rings. The van der Waals surface area contributed by atoms with Gasteiger partial charge in [-0.05, 0) is 53.8 Å². The van der Waals surface area contributed by atoms with Gasteiger partial charge in [0, 0.05) is 10.5 Å². The van der Waals surface area contributed by atoms with Crippen molar-refractivity contribution in [2.75, 3.05) is 27.6 Å². The van der Waals surface area contributed by atoms with Crippen LogP contribution in [0.3, 0.4) is 0 Å². The van der Waals surface area contributed by atoms with Crippen LogP contribution in [0, 0.1) is 0 Å². The van der Waals surface area contributed by atoms with Gasteiger partial charge in [-0.1, -0.05) is 12.1 Å². The van der Waals surface area contributed by atoms with Gasteiger partial charge in [0.25, 0.3) is 5.56 Å². The van der Waals surface area contributed by atoms with E-state index in [2.05, 4.69) is 4.98 Å². The van der Waals surface area contributed by atoms with Gasteiger partial charge in [-0.3, -0.25) is 4.79 Å². The molecule has 0 radical (unpaired) electrons. The van der Waals surface area contributed by atoms with Crippen LogP contribution < -0.4 is 15.0 Å². The molecule has 3 rings (SSSR count).